The molecule has 1 fully saturated rings. The molecule has 1 aliphatic rings. The Morgan fingerprint density at radius 2 is 2.14 bits per heavy atom. The van der Waals surface area contributed by atoms with E-state index in [-0.39, 0.29) is 24.1 Å². The van der Waals surface area contributed by atoms with Crippen LogP contribution in [-0.4, -0.2) is 25.0 Å². The number of benzene rings is 1. The second-order valence-corrected chi connectivity index (χ2v) is 4.77. The predicted molar refractivity (Wildman–Crippen MR) is 70.0 cm³/mol. The van der Waals surface area contributed by atoms with E-state index in [1.165, 1.54) is 18.2 Å². The number of carbonyl (C=O) groups excluding carboxylic acids is 1. The van der Waals surface area contributed by atoms with Gasteiger partial charge in [0, 0.05) is 13.0 Å². The Morgan fingerprint density at radius 3 is 2.81 bits per heavy atom. The summed E-state index contributed by atoms with van der Waals surface area (Å²) in [7, 11) is 0. The van der Waals surface area contributed by atoms with Gasteiger partial charge >= 0.3 is 6.36 Å². The lowest BCUT2D eigenvalue weighted by atomic mass is 10.1. The van der Waals surface area contributed by atoms with E-state index in [0.29, 0.717) is 13.0 Å². The summed E-state index contributed by atoms with van der Waals surface area (Å²) < 4.78 is 46.0. The average Bonchev–Trinajstić information content (AvgIpc) is 2.90. The summed E-state index contributed by atoms with van der Waals surface area (Å²) in [5, 5.41) is 2.44. The first-order valence-corrected chi connectivity index (χ1v) is 6.70. The fraction of sp³-hybridized carbons (Fsp3) is 0.500. The van der Waals surface area contributed by atoms with E-state index in [2.05, 4.69) is 10.1 Å². The van der Waals surface area contributed by atoms with Gasteiger partial charge in [-0.25, -0.2) is 0 Å². The van der Waals surface area contributed by atoms with Gasteiger partial charge in [-0.2, -0.15) is 0 Å². The van der Waals surface area contributed by atoms with Gasteiger partial charge in [0.2, 0.25) is 5.91 Å². The highest BCUT2D eigenvalue weighted by atomic mass is 19.4. The van der Waals surface area contributed by atoms with E-state index < -0.39 is 12.1 Å². The quantitative estimate of drug-likeness (QED) is 0.906. The molecule has 4 nitrogen and oxygen atoms in total. The molecule has 21 heavy (non-hydrogen) atoms. The van der Waals surface area contributed by atoms with Gasteiger partial charge in [-0.15, -0.1) is 13.2 Å². The highest BCUT2D eigenvalue weighted by Gasteiger charge is 2.32. The summed E-state index contributed by atoms with van der Waals surface area (Å²) in [6, 6.07) is 5.45. The molecular weight excluding hydrogens is 287 g/mol. The number of ether oxygens (including phenoxy) is 2. The molecule has 0 bridgehead atoms. The smallest absolute Gasteiger partial charge is 0.404 e. The molecule has 7 heteroatoms. The Balaban J connectivity index is 1.90. The largest absolute Gasteiger partial charge is 0.573 e. The molecule has 0 spiro atoms. The van der Waals surface area contributed by atoms with Crippen molar-refractivity contribution in [3.63, 3.8) is 0 Å². The second-order valence-electron chi connectivity index (χ2n) is 4.77. The third kappa shape index (κ3) is 5.26. The Morgan fingerprint density at radius 1 is 1.38 bits per heavy atom. The van der Waals surface area contributed by atoms with E-state index in [9.17, 15) is 18.0 Å². The van der Waals surface area contributed by atoms with Crippen LogP contribution < -0.4 is 10.1 Å². The maximum atomic E-state index is 12.3. The van der Waals surface area contributed by atoms with Gasteiger partial charge in [0.25, 0.3) is 0 Å². The molecule has 1 atom stereocenters. The van der Waals surface area contributed by atoms with Crippen molar-refractivity contribution in [2.45, 2.75) is 38.1 Å². The number of amides is 1. The van der Waals surface area contributed by atoms with E-state index in [1.54, 1.807) is 0 Å². The number of para-hydroxylation sites is 2. The first-order chi connectivity index (χ1) is 9.94. The van der Waals surface area contributed by atoms with Gasteiger partial charge in [0.05, 0.1) is 11.8 Å². The topological polar surface area (TPSA) is 47.6 Å². The molecule has 1 amide bonds. The fourth-order valence-electron chi connectivity index (χ4n) is 2.16. The van der Waals surface area contributed by atoms with Crippen molar-refractivity contribution >= 4 is 11.6 Å². The molecule has 0 aromatic heterocycles. The SMILES string of the molecule is O=C(CCC1CCCO1)Nc1ccccc1OC(F)(F)F. The van der Waals surface area contributed by atoms with Gasteiger partial charge < -0.3 is 14.8 Å². The summed E-state index contributed by atoms with van der Waals surface area (Å²) in [6.45, 7) is 0.703. The van der Waals surface area contributed by atoms with E-state index >= 15 is 0 Å². The molecule has 0 saturated carbocycles. The molecule has 1 heterocycles. The van der Waals surface area contributed by atoms with Crippen molar-refractivity contribution in [1.29, 1.82) is 0 Å². The maximum absolute atomic E-state index is 12.3. The molecule has 116 valence electrons. The Kier molecular flexibility index (Phi) is 5.06. The van der Waals surface area contributed by atoms with Gasteiger partial charge in [0.15, 0.2) is 5.75 Å². The number of halogens is 3. The van der Waals surface area contributed by atoms with Crippen molar-refractivity contribution in [1.82, 2.24) is 0 Å². The number of anilines is 1. The van der Waals surface area contributed by atoms with Crippen molar-refractivity contribution in [3.8, 4) is 5.75 Å². The minimum absolute atomic E-state index is 0.00663. The number of hydrogen-bond donors (Lipinski definition) is 1. The summed E-state index contributed by atoms with van der Waals surface area (Å²) in [5.41, 5.74) is 0.00663. The minimum atomic E-state index is -4.79. The average molecular weight is 303 g/mol. The van der Waals surface area contributed by atoms with Crippen molar-refractivity contribution in [2.75, 3.05) is 11.9 Å². The standard InChI is InChI=1S/C14H16F3NO3/c15-14(16,17)21-12-6-2-1-5-11(12)18-13(19)8-7-10-4-3-9-20-10/h1-2,5-6,10H,3-4,7-9H2,(H,18,19). The summed E-state index contributed by atoms with van der Waals surface area (Å²) in [5.74, 6) is -0.779. The van der Waals surface area contributed by atoms with Gasteiger partial charge in [-0.3, -0.25) is 4.79 Å². The van der Waals surface area contributed by atoms with Crippen molar-refractivity contribution in [2.24, 2.45) is 0 Å². The van der Waals surface area contributed by atoms with Crippen molar-refractivity contribution < 1.29 is 27.4 Å². The molecule has 2 rings (SSSR count). The van der Waals surface area contributed by atoms with Gasteiger partial charge in [-0.1, -0.05) is 12.1 Å². The molecule has 1 aromatic rings. The van der Waals surface area contributed by atoms with Crippen LogP contribution in [0.25, 0.3) is 0 Å². The summed E-state index contributed by atoms with van der Waals surface area (Å²) >= 11 is 0. The van der Waals surface area contributed by atoms with Crippen LogP contribution in [0.15, 0.2) is 24.3 Å². The van der Waals surface area contributed by atoms with Crippen molar-refractivity contribution in [3.05, 3.63) is 24.3 Å². The zero-order chi connectivity index (χ0) is 15.3. The molecular formula is C14H16F3NO3. The second kappa shape index (κ2) is 6.80. The third-order valence-electron chi connectivity index (χ3n) is 3.10. The Bertz CT molecular complexity index is 485. The molecule has 1 saturated heterocycles. The first-order valence-electron chi connectivity index (χ1n) is 6.70. The zero-order valence-corrected chi connectivity index (χ0v) is 11.3. The predicted octanol–water partition coefficient (Wildman–Crippen LogP) is 3.48. The third-order valence-corrected chi connectivity index (χ3v) is 3.10. The molecule has 1 aliphatic heterocycles. The monoisotopic (exact) mass is 303 g/mol. The summed E-state index contributed by atoms with van der Waals surface area (Å²) in [4.78, 5) is 11.8. The molecule has 1 unspecified atom stereocenters. The van der Waals surface area contributed by atoms with Crippen LogP contribution in [0, 0.1) is 0 Å². The number of rotatable bonds is 5. The maximum Gasteiger partial charge on any atom is 0.573 e. The van der Waals surface area contributed by atoms with Crippen LogP contribution in [-0.2, 0) is 9.53 Å². The molecule has 1 aromatic carbocycles. The highest BCUT2D eigenvalue weighted by molar-refractivity contribution is 5.92. The van der Waals surface area contributed by atoms with Crippen LogP contribution in [0.2, 0.25) is 0 Å². The van der Waals surface area contributed by atoms with Crippen LogP contribution in [0.5, 0.6) is 5.75 Å². The number of carbonyl (C=O) groups is 1. The molecule has 1 N–H and O–H groups in total. The molecule has 0 radical (unpaired) electrons. The van der Waals surface area contributed by atoms with Gasteiger partial charge in [-0.05, 0) is 31.4 Å². The Labute approximate surface area is 120 Å². The zero-order valence-electron chi connectivity index (χ0n) is 11.3. The van der Waals surface area contributed by atoms with E-state index in [4.69, 9.17) is 4.74 Å². The number of nitrogens with one attached hydrogen (secondary N) is 1. The first kappa shape index (κ1) is 15.6. The van der Waals surface area contributed by atoms with Crippen LogP contribution in [0.1, 0.15) is 25.7 Å². The molecule has 0 aliphatic carbocycles. The van der Waals surface area contributed by atoms with E-state index in [0.717, 1.165) is 18.9 Å². The number of hydrogen-bond acceptors (Lipinski definition) is 3. The van der Waals surface area contributed by atoms with Crippen LogP contribution in [0.4, 0.5) is 18.9 Å². The lowest BCUT2D eigenvalue weighted by molar-refractivity contribution is -0.274. The summed E-state index contributed by atoms with van der Waals surface area (Å²) in [6.07, 6.45) is -2.06. The number of alkyl halides is 3. The minimum Gasteiger partial charge on any atom is -0.404 e. The highest BCUT2D eigenvalue weighted by Crippen LogP contribution is 2.30. The lowest BCUT2D eigenvalue weighted by Crippen LogP contribution is -2.20. The van der Waals surface area contributed by atoms with Gasteiger partial charge in [0.1, 0.15) is 0 Å². The van der Waals surface area contributed by atoms with Crippen LogP contribution >= 0.6 is 0 Å². The fourth-order valence-corrected chi connectivity index (χ4v) is 2.16. The van der Waals surface area contributed by atoms with E-state index in [1.807, 2.05) is 0 Å². The lowest BCUT2D eigenvalue weighted by Gasteiger charge is -2.14. The van der Waals surface area contributed by atoms with Crippen LogP contribution in [0.3, 0.4) is 0 Å². The normalized spacial score (nSPS) is 18.5. The Hall–Kier alpha value is -1.76.